The number of amides is 1. The molecular formula is C20H17FN4O4. The first kappa shape index (κ1) is 18.7. The van der Waals surface area contributed by atoms with Gasteiger partial charge in [0.1, 0.15) is 29.5 Å². The van der Waals surface area contributed by atoms with Gasteiger partial charge in [0.25, 0.3) is 5.91 Å². The zero-order valence-corrected chi connectivity index (χ0v) is 15.6. The van der Waals surface area contributed by atoms with Gasteiger partial charge in [0, 0.05) is 11.6 Å². The predicted molar refractivity (Wildman–Crippen MR) is 99.1 cm³/mol. The van der Waals surface area contributed by atoms with Gasteiger partial charge in [0.15, 0.2) is 17.5 Å². The summed E-state index contributed by atoms with van der Waals surface area (Å²) in [4.78, 5) is 11.5. The summed E-state index contributed by atoms with van der Waals surface area (Å²) in [7, 11) is 0. The molecule has 1 aromatic carbocycles. The van der Waals surface area contributed by atoms with Crippen molar-refractivity contribution in [2.24, 2.45) is 5.73 Å². The summed E-state index contributed by atoms with van der Waals surface area (Å²) in [5.41, 5.74) is 5.10. The first-order valence-corrected chi connectivity index (χ1v) is 8.75. The number of ether oxygens (including phenoxy) is 1. The van der Waals surface area contributed by atoms with Crippen LogP contribution < -0.4 is 10.5 Å². The number of carbonyl (C=O) groups is 1. The summed E-state index contributed by atoms with van der Waals surface area (Å²) in [5, 5.41) is 18.5. The molecule has 0 radical (unpaired) electrons. The molecule has 0 fully saturated rings. The van der Waals surface area contributed by atoms with Crippen molar-refractivity contribution in [3.8, 4) is 23.3 Å². The maximum absolute atomic E-state index is 14.5. The Morgan fingerprint density at radius 2 is 2.21 bits per heavy atom. The van der Waals surface area contributed by atoms with Gasteiger partial charge in [-0.2, -0.15) is 5.10 Å². The Labute approximate surface area is 165 Å². The number of aromatic nitrogens is 3. The topological polar surface area (TPSA) is 116 Å². The van der Waals surface area contributed by atoms with E-state index in [1.165, 1.54) is 17.7 Å². The van der Waals surface area contributed by atoms with Crippen molar-refractivity contribution in [1.29, 1.82) is 0 Å². The van der Waals surface area contributed by atoms with Crippen LogP contribution in [0.15, 0.2) is 34.9 Å². The zero-order chi connectivity index (χ0) is 20.8. The van der Waals surface area contributed by atoms with Crippen LogP contribution in [0.2, 0.25) is 0 Å². The second-order valence-electron chi connectivity index (χ2n) is 6.84. The van der Waals surface area contributed by atoms with Crippen LogP contribution in [0.5, 0.6) is 5.75 Å². The molecule has 0 spiro atoms. The Bertz CT molecular complexity index is 1170. The summed E-state index contributed by atoms with van der Waals surface area (Å²) >= 11 is 0. The van der Waals surface area contributed by atoms with Crippen molar-refractivity contribution in [3.63, 3.8) is 0 Å². The van der Waals surface area contributed by atoms with E-state index in [-0.39, 0.29) is 18.0 Å². The molecule has 0 saturated carbocycles. The number of hydrogen-bond acceptors (Lipinski definition) is 6. The minimum absolute atomic E-state index is 0.0451. The van der Waals surface area contributed by atoms with Gasteiger partial charge < -0.3 is 20.1 Å². The van der Waals surface area contributed by atoms with Gasteiger partial charge in [-0.05, 0) is 38.1 Å². The Balaban J connectivity index is 1.76. The highest BCUT2D eigenvalue weighted by Gasteiger charge is 2.27. The van der Waals surface area contributed by atoms with E-state index in [4.69, 9.17) is 15.0 Å². The van der Waals surface area contributed by atoms with Crippen molar-refractivity contribution in [3.05, 3.63) is 58.7 Å². The normalized spacial score (nSPS) is 17.0. The van der Waals surface area contributed by atoms with Crippen LogP contribution >= 0.6 is 0 Å². The number of aliphatic hydroxyl groups is 1. The molecule has 4 rings (SSSR count). The number of nitrogens with two attached hydrogens (primary N) is 1. The quantitative estimate of drug-likeness (QED) is 0.640. The number of primary amides is 1. The van der Waals surface area contributed by atoms with Crippen molar-refractivity contribution >= 4 is 5.91 Å². The summed E-state index contributed by atoms with van der Waals surface area (Å²) in [6.45, 7) is 3.00. The molecule has 148 valence electrons. The molecule has 2 aromatic heterocycles. The van der Waals surface area contributed by atoms with Crippen LogP contribution in [0.1, 0.15) is 46.3 Å². The van der Waals surface area contributed by atoms with Crippen LogP contribution in [-0.4, -0.2) is 32.6 Å². The number of alkyl halides is 1. The molecule has 3 aromatic rings. The lowest BCUT2D eigenvalue weighted by molar-refractivity contribution is 0.0995. The first-order chi connectivity index (χ1) is 13.7. The van der Waals surface area contributed by atoms with Crippen molar-refractivity contribution in [2.75, 3.05) is 6.61 Å². The molecule has 0 saturated heterocycles. The molecule has 3 heterocycles. The van der Waals surface area contributed by atoms with Crippen LogP contribution in [0.4, 0.5) is 4.39 Å². The first-order valence-electron chi connectivity index (χ1n) is 8.75. The van der Waals surface area contributed by atoms with Gasteiger partial charge in [-0.25, -0.2) is 9.07 Å². The van der Waals surface area contributed by atoms with Gasteiger partial charge in [0.2, 0.25) is 0 Å². The fourth-order valence-corrected chi connectivity index (χ4v) is 2.92. The standard InChI is InChI=1S/C20H17FN4O4/c1-11-7-18(24-29-11)20(2,27)6-5-12-3-4-17-16(8-12)25-15(13(21)10-28-17)9-14(23-25)19(22)26/h3-4,7-9,13,27H,10H2,1-2H3,(H2,22,26)/t13?,20-/m1/s1. The lowest BCUT2D eigenvalue weighted by Crippen LogP contribution is -2.18. The number of hydrogen-bond donors (Lipinski definition) is 2. The third kappa shape index (κ3) is 3.46. The minimum atomic E-state index is -1.53. The summed E-state index contributed by atoms with van der Waals surface area (Å²) in [5.74, 6) is 5.81. The van der Waals surface area contributed by atoms with E-state index in [2.05, 4.69) is 22.1 Å². The maximum atomic E-state index is 14.5. The Morgan fingerprint density at radius 1 is 1.41 bits per heavy atom. The van der Waals surface area contributed by atoms with Gasteiger partial charge in [0.05, 0.1) is 5.69 Å². The largest absolute Gasteiger partial charge is 0.488 e. The van der Waals surface area contributed by atoms with E-state index in [1.807, 2.05) is 0 Å². The van der Waals surface area contributed by atoms with E-state index >= 15 is 0 Å². The number of halogens is 1. The fraction of sp³-hybridized carbons (Fsp3) is 0.250. The lowest BCUT2D eigenvalue weighted by atomic mass is 10.0. The Hall–Kier alpha value is -3.64. The number of rotatable bonds is 2. The van der Waals surface area contributed by atoms with Crippen LogP contribution in [0.25, 0.3) is 5.69 Å². The fourth-order valence-electron chi connectivity index (χ4n) is 2.92. The summed E-state index contributed by atoms with van der Waals surface area (Å²) < 4.78 is 26.2. The molecule has 1 aliphatic rings. The number of carbonyl (C=O) groups excluding carboxylic acids is 1. The number of nitrogens with zero attached hydrogens (tertiary/aromatic N) is 3. The molecule has 8 nitrogen and oxygen atoms in total. The molecule has 0 aliphatic carbocycles. The highest BCUT2D eigenvalue weighted by Crippen LogP contribution is 2.33. The molecule has 29 heavy (non-hydrogen) atoms. The van der Waals surface area contributed by atoms with Crippen LogP contribution in [-0.2, 0) is 5.60 Å². The SMILES string of the molecule is Cc1cc([C@](C)(O)C#Cc2ccc3c(c2)-n2nc(C(N)=O)cc2C(F)CO3)no1. The van der Waals surface area contributed by atoms with Gasteiger partial charge in [-0.3, -0.25) is 4.79 Å². The zero-order valence-electron chi connectivity index (χ0n) is 15.6. The highest BCUT2D eigenvalue weighted by molar-refractivity contribution is 5.91. The van der Waals surface area contributed by atoms with Crippen molar-refractivity contribution in [1.82, 2.24) is 14.9 Å². The molecule has 2 atom stereocenters. The molecule has 3 N–H and O–H groups in total. The molecule has 1 unspecified atom stereocenters. The monoisotopic (exact) mass is 396 g/mol. The third-order valence-electron chi connectivity index (χ3n) is 4.46. The van der Waals surface area contributed by atoms with Gasteiger partial charge in [-0.1, -0.05) is 17.0 Å². The van der Waals surface area contributed by atoms with E-state index < -0.39 is 17.7 Å². The van der Waals surface area contributed by atoms with Crippen molar-refractivity contribution < 1.29 is 23.6 Å². The number of fused-ring (bicyclic) bond motifs is 3. The predicted octanol–water partition coefficient (Wildman–Crippen LogP) is 1.93. The van der Waals surface area contributed by atoms with Gasteiger partial charge >= 0.3 is 0 Å². The molecule has 1 amide bonds. The minimum Gasteiger partial charge on any atom is -0.488 e. The Kier molecular flexibility index (Phi) is 4.36. The van der Waals surface area contributed by atoms with E-state index in [9.17, 15) is 14.3 Å². The molecule has 0 bridgehead atoms. The molecule has 1 aliphatic heterocycles. The van der Waals surface area contributed by atoms with Crippen molar-refractivity contribution in [2.45, 2.75) is 25.6 Å². The lowest BCUT2D eigenvalue weighted by Gasteiger charge is -2.12. The maximum Gasteiger partial charge on any atom is 0.269 e. The van der Waals surface area contributed by atoms with Gasteiger partial charge in [-0.15, -0.1) is 0 Å². The summed E-state index contributed by atoms with van der Waals surface area (Å²) in [6, 6.07) is 7.84. The summed E-state index contributed by atoms with van der Waals surface area (Å²) in [6.07, 6.45) is -1.48. The van der Waals surface area contributed by atoms with Crippen LogP contribution in [0.3, 0.4) is 0 Å². The molecular weight excluding hydrogens is 379 g/mol. The average molecular weight is 396 g/mol. The van der Waals surface area contributed by atoms with E-state index in [0.29, 0.717) is 28.5 Å². The molecule has 9 heteroatoms. The van der Waals surface area contributed by atoms with E-state index in [1.54, 1.807) is 31.2 Å². The van der Waals surface area contributed by atoms with Crippen LogP contribution in [0, 0.1) is 18.8 Å². The second kappa shape index (κ2) is 6.76. The number of aryl methyl sites for hydroxylation is 1. The third-order valence-corrected chi connectivity index (χ3v) is 4.46. The number of benzene rings is 1. The average Bonchev–Trinajstić information content (AvgIpc) is 3.29. The smallest absolute Gasteiger partial charge is 0.269 e. The second-order valence-corrected chi connectivity index (χ2v) is 6.84. The highest BCUT2D eigenvalue weighted by atomic mass is 19.1. The Morgan fingerprint density at radius 3 is 2.90 bits per heavy atom. The van der Waals surface area contributed by atoms with E-state index in [0.717, 1.165) is 0 Å².